The molecule has 130 valence electrons. The van der Waals surface area contributed by atoms with Gasteiger partial charge in [-0.3, -0.25) is 4.79 Å². The summed E-state index contributed by atoms with van der Waals surface area (Å²) < 4.78 is 19.6. The molecule has 1 aromatic carbocycles. The van der Waals surface area contributed by atoms with Crippen LogP contribution >= 0.6 is 0 Å². The Hall–Kier alpha value is -1.46. The fourth-order valence-electron chi connectivity index (χ4n) is 4.46. The van der Waals surface area contributed by atoms with Crippen molar-refractivity contribution in [1.29, 1.82) is 0 Å². The predicted octanol–water partition coefficient (Wildman–Crippen LogP) is 2.40. The van der Waals surface area contributed by atoms with E-state index in [1.165, 1.54) is 18.9 Å². The molecule has 3 saturated heterocycles. The lowest BCUT2D eigenvalue weighted by Gasteiger charge is -2.35. The molecule has 0 saturated carbocycles. The molecule has 1 unspecified atom stereocenters. The molecule has 4 nitrogen and oxygen atoms in total. The minimum absolute atomic E-state index is 0.159. The highest BCUT2D eigenvalue weighted by Gasteiger charge is 2.39. The molecule has 0 spiro atoms. The molecular formula is C19H25FN2O2. The van der Waals surface area contributed by atoms with E-state index in [0.29, 0.717) is 17.9 Å². The van der Waals surface area contributed by atoms with Gasteiger partial charge in [-0.2, -0.15) is 0 Å². The Morgan fingerprint density at radius 3 is 2.79 bits per heavy atom. The lowest BCUT2D eigenvalue weighted by Crippen LogP contribution is -2.43. The molecule has 3 aliphatic rings. The van der Waals surface area contributed by atoms with Crippen LogP contribution in [0.4, 0.5) is 4.39 Å². The molecule has 24 heavy (non-hydrogen) atoms. The van der Waals surface area contributed by atoms with Gasteiger partial charge in [-0.25, -0.2) is 4.39 Å². The van der Waals surface area contributed by atoms with Crippen LogP contribution in [-0.2, 0) is 4.74 Å². The van der Waals surface area contributed by atoms with Crippen LogP contribution in [0.15, 0.2) is 24.3 Å². The van der Waals surface area contributed by atoms with Crippen molar-refractivity contribution in [1.82, 2.24) is 9.80 Å². The summed E-state index contributed by atoms with van der Waals surface area (Å²) in [6.45, 7) is 5.56. The van der Waals surface area contributed by atoms with Crippen LogP contribution in [0.2, 0.25) is 0 Å². The molecular weight excluding hydrogens is 307 g/mol. The van der Waals surface area contributed by atoms with Gasteiger partial charge in [0.25, 0.3) is 5.91 Å². The average molecular weight is 332 g/mol. The number of carbonyl (C=O) groups is 1. The molecule has 0 radical (unpaired) electrons. The van der Waals surface area contributed by atoms with E-state index >= 15 is 0 Å². The third-order valence-corrected chi connectivity index (χ3v) is 5.76. The van der Waals surface area contributed by atoms with Crippen molar-refractivity contribution >= 4 is 5.91 Å². The Labute approximate surface area is 142 Å². The summed E-state index contributed by atoms with van der Waals surface area (Å²) >= 11 is 0. The topological polar surface area (TPSA) is 32.8 Å². The maximum absolute atomic E-state index is 13.9. The summed E-state index contributed by atoms with van der Waals surface area (Å²) in [4.78, 5) is 17.0. The van der Waals surface area contributed by atoms with Gasteiger partial charge in [0, 0.05) is 32.8 Å². The number of piperidine rings is 1. The highest BCUT2D eigenvalue weighted by molar-refractivity contribution is 5.94. The lowest BCUT2D eigenvalue weighted by molar-refractivity contribution is 0.0506. The van der Waals surface area contributed by atoms with Gasteiger partial charge in [0.15, 0.2) is 0 Å². The van der Waals surface area contributed by atoms with Crippen molar-refractivity contribution in [2.75, 3.05) is 39.3 Å². The Morgan fingerprint density at radius 1 is 1.17 bits per heavy atom. The zero-order valence-electron chi connectivity index (χ0n) is 14.0. The summed E-state index contributed by atoms with van der Waals surface area (Å²) in [5.41, 5.74) is 0.201. The Kier molecular flexibility index (Phi) is 4.55. The van der Waals surface area contributed by atoms with Crippen molar-refractivity contribution in [2.45, 2.75) is 25.4 Å². The van der Waals surface area contributed by atoms with Crippen molar-refractivity contribution in [3.63, 3.8) is 0 Å². The fourth-order valence-corrected chi connectivity index (χ4v) is 4.46. The van der Waals surface area contributed by atoms with E-state index in [2.05, 4.69) is 4.90 Å². The van der Waals surface area contributed by atoms with Crippen LogP contribution in [0, 0.1) is 17.7 Å². The van der Waals surface area contributed by atoms with E-state index in [9.17, 15) is 9.18 Å². The second kappa shape index (κ2) is 6.81. The quantitative estimate of drug-likeness (QED) is 0.852. The van der Waals surface area contributed by atoms with Crippen LogP contribution in [0.5, 0.6) is 0 Å². The highest BCUT2D eigenvalue weighted by Crippen LogP contribution is 2.32. The van der Waals surface area contributed by atoms with Gasteiger partial charge in [-0.1, -0.05) is 12.1 Å². The number of amides is 1. The highest BCUT2D eigenvalue weighted by atomic mass is 19.1. The number of rotatable bonds is 3. The van der Waals surface area contributed by atoms with E-state index in [1.807, 2.05) is 4.90 Å². The molecule has 0 aliphatic carbocycles. The Balaban J connectivity index is 1.37. The number of benzene rings is 1. The predicted molar refractivity (Wildman–Crippen MR) is 89.3 cm³/mol. The Bertz CT molecular complexity index is 603. The van der Waals surface area contributed by atoms with Crippen LogP contribution in [-0.4, -0.2) is 61.1 Å². The molecule has 5 heteroatoms. The van der Waals surface area contributed by atoms with Gasteiger partial charge in [0.1, 0.15) is 5.82 Å². The Morgan fingerprint density at radius 2 is 2.00 bits per heavy atom. The summed E-state index contributed by atoms with van der Waals surface area (Å²) in [5, 5.41) is 0. The van der Waals surface area contributed by atoms with Gasteiger partial charge in [-0.05, 0) is 49.8 Å². The van der Waals surface area contributed by atoms with Crippen LogP contribution in [0.1, 0.15) is 29.6 Å². The van der Waals surface area contributed by atoms with E-state index < -0.39 is 5.82 Å². The fraction of sp³-hybridized carbons (Fsp3) is 0.632. The number of halogens is 1. The monoisotopic (exact) mass is 332 g/mol. The number of fused-ring (bicyclic) bond motifs is 1. The SMILES string of the molecule is O=C(c1ccccc1F)N1C[C@H]2CCN(CC3CCCO3)C[C@H]2C1. The first-order valence-electron chi connectivity index (χ1n) is 9.08. The van der Waals surface area contributed by atoms with E-state index in [0.717, 1.165) is 45.8 Å². The van der Waals surface area contributed by atoms with Gasteiger partial charge in [0.2, 0.25) is 0 Å². The first-order chi connectivity index (χ1) is 11.7. The summed E-state index contributed by atoms with van der Waals surface area (Å²) in [7, 11) is 0. The molecule has 3 aliphatic heterocycles. The standard InChI is InChI=1S/C19H25FN2O2/c20-18-6-2-1-5-17(18)19(23)22-11-14-7-8-21(10-15(14)12-22)13-16-4-3-9-24-16/h1-2,5-6,14-16H,3-4,7-13H2/t14-,15+,16?/m1/s1. The minimum Gasteiger partial charge on any atom is -0.377 e. The van der Waals surface area contributed by atoms with E-state index in [1.54, 1.807) is 18.2 Å². The van der Waals surface area contributed by atoms with Gasteiger partial charge in [-0.15, -0.1) is 0 Å². The zero-order chi connectivity index (χ0) is 16.5. The molecule has 1 amide bonds. The first kappa shape index (κ1) is 16.0. The van der Waals surface area contributed by atoms with Crippen molar-refractivity contribution < 1.29 is 13.9 Å². The zero-order valence-corrected chi connectivity index (χ0v) is 14.0. The number of ether oxygens (including phenoxy) is 1. The molecule has 0 bridgehead atoms. The van der Waals surface area contributed by atoms with E-state index in [4.69, 9.17) is 4.74 Å². The molecule has 0 N–H and O–H groups in total. The third kappa shape index (κ3) is 3.20. The number of hydrogen-bond acceptors (Lipinski definition) is 3. The van der Waals surface area contributed by atoms with Crippen molar-refractivity contribution in [3.8, 4) is 0 Å². The number of likely N-dealkylation sites (tertiary alicyclic amines) is 2. The maximum Gasteiger partial charge on any atom is 0.256 e. The van der Waals surface area contributed by atoms with Crippen molar-refractivity contribution in [2.24, 2.45) is 11.8 Å². The molecule has 3 atom stereocenters. The largest absolute Gasteiger partial charge is 0.377 e. The number of hydrogen-bond donors (Lipinski definition) is 0. The molecule has 3 fully saturated rings. The first-order valence-corrected chi connectivity index (χ1v) is 9.08. The number of nitrogens with zero attached hydrogens (tertiary/aromatic N) is 2. The second-order valence-electron chi connectivity index (χ2n) is 7.39. The second-order valence-corrected chi connectivity index (χ2v) is 7.39. The maximum atomic E-state index is 13.9. The van der Waals surface area contributed by atoms with Gasteiger partial charge in [0.05, 0.1) is 11.7 Å². The smallest absolute Gasteiger partial charge is 0.256 e. The van der Waals surface area contributed by atoms with Gasteiger partial charge >= 0.3 is 0 Å². The van der Waals surface area contributed by atoms with Crippen molar-refractivity contribution in [3.05, 3.63) is 35.6 Å². The minimum atomic E-state index is -0.419. The summed E-state index contributed by atoms with van der Waals surface area (Å²) in [5.74, 6) is 0.489. The third-order valence-electron chi connectivity index (χ3n) is 5.76. The molecule has 4 rings (SSSR count). The number of carbonyl (C=O) groups excluding carboxylic acids is 1. The molecule has 1 aromatic rings. The average Bonchev–Trinajstić information content (AvgIpc) is 3.23. The lowest BCUT2D eigenvalue weighted by atomic mass is 9.88. The van der Waals surface area contributed by atoms with Crippen LogP contribution in [0.25, 0.3) is 0 Å². The summed E-state index contributed by atoms with van der Waals surface area (Å²) in [6.07, 6.45) is 3.86. The van der Waals surface area contributed by atoms with Gasteiger partial charge < -0.3 is 14.5 Å². The van der Waals surface area contributed by atoms with E-state index in [-0.39, 0.29) is 11.5 Å². The molecule has 3 heterocycles. The summed E-state index contributed by atoms with van der Waals surface area (Å²) in [6, 6.07) is 6.30. The molecule has 0 aromatic heterocycles. The normalized spacial score (nSPS) is 30.5. The van der Waals surface area contributed by atoms with Crippen LogP contribution in [0.3, 0.4) is 0 Å². The van der Waals surface area contributed by atoms with Crippen LogP contribution < -0.4 is 0 Å².